The lowest BCUT2D eigenvalue weighted by Crippen LogP contribution is -2.19. The lowest BCUT2D eigenvalue weighted by molar-refractivity contribution is 0.00689. The summed E-state index contributed by atoms with van der Waals surface area (Å²) in [6, 6.07) is 1.83. The van der Waals surface area contributed by atoms with Crippen LogP contribution in [0.15, 0.2) is 6.07 Å². The van der Waals surface area contributed by atoms with E-state index in [2.05, 4.69) is 4.37 Å². The van der Waals surface area contributed by atoms with Crippen molar-refractivity contribution in [3.8, 4) is 0 Å². The van der Waals surface area contributed by atoms with Gasteiger partial charge in [0.1, 0.15) is 6.10 Å². The fourth-order valence-electron chi connectivity index (χ4n) is 1.39. The zero-order valence-electron chi connectivity index (χ0n) is 7.47. The minimum absolute atomic E-state index is 0.303. The van der Waals surface area contributed by atoms with Crippen molar-refractivity contribution in [2.45, 2.75) is 32.0 Å². The van der Waals surface area contributed by atoms with Gasteiger partial charge in [-0.15, -0.1) is 0 Å². The van der Waals surface area contributed by atoms with Gasteiger partial charge in [-0.3, -0.25) is 0 Å². The summed E-state index contributed by atoms with van der Waals surface area (Å²) in [5, 5.41) is 19.4. The summed E-state index contributed by atoms with van der Waals surface area (Å²) in [5.74, 6) is 0.303. The second-order valence-corrected chi connectivity index (χ2v) is 4.48. The number of rotatable bonds is 3. The maximum Gasteiger partial charge on any atom is 0.116 e. The summed E-state index contributed by atoms with van der Waals surface area (Å²) in [7, 11) is 0. The van der Waals surface area contributed by atoms with Crippen molar-refractivity contribution < 1.29 is 10.2 Å². The molecule has 4 heteroatoms. The van der Waals surface area contributed by atoms with E-state index in [1.807, 2.05) is 13.0 Å². The van der Waals surface area contributed by atoms with E-state index in [9.17, 15) is 10.2 Å². The first-order valence-corrected chi connectivity index (χ1v) is 5.25. The van der Waals surface area contributed by atoms with Crippen molar-refractivity contribution in [2.24, 2.45) is 5.92 Å². The summed E-state index contributed by atoms with van der Waals surface area (Å²) in [6.45, 7) is 1.89. The van der Waals surface area contributed by atoms with Crippen LogP contribution in [0.5, 0.6) is 0 Å². The molecule has 2 unspecified atom stereocenters. The molecule has 2 rings (SSSR count). The molecule has 3 nitrogen and oxygen atoms in total. The molecule has 13 heavy (non-hydrogen) atoms. The number of hydrogen-bond acceptors (Lipinski definition) is 4. The van der Waals surface area contributed by atoms with Gasteiger partial charge >= 0.3 is 0 Å². The van der Waals surface area contributed by atoms with Crippen LogP contribution in [0.1, 0.15) is 29.5 Å². The molecule has 2 N–H and O–H groups in total. The van der Waals surface area contributed by atoms with E-state index < -0.39 is 12.2 Å². The van der Waals surface area contributed by atoms with Crippen LogP contribution in [0.3, 0.4) is 0 Å². The van der Waals surface area contributed by atoms with Crippen LogP contribution in [0.2, 0.25) is 0 Å². The average Bonchev–Trinajstić information content (AvgIpc) is 2.87. The molecule has 0 saturated heterocycles. The molecule has 72 valence electrons. The van der Waals surface area contributed by atoms with E-state index >= 15 is 0 Å². The van der Waals surface area contributed by atoms with Gasteiger partial charge in [-0.1, -0.05) is 0 Å². The molecule has 1 aliphatic rings. The SMILES string of the molecule is Cc1cc(C(O)C(O)C2CC2)sn1. The van der Waals surface area contributed by atoms with Crippen molar-refractivity contribution in [1.82, 2.24) is 4.37 Å². The maximum absolute atomic E-state index is 9.73. The van der Waals surface area contributed by atoms with Crippen LogP contribution in [-0.4, -0.2) is 20.7 Å². The van der Waals surface area contributed by atoms with Crippen molar-refractivity contribution in [2.75, 3.05) is 0 Å². The molecule has 1 aromatic rings. The normalized spacial score (nSPS) is 21.5. The predicted octanol–water partition coefficient (Wildman–Crippen LogP) is 1.26. The van der Waals surface area contributed by atoms with Gasteiger partial charge in [-0.05, 0) is 43.3 Å². The van der Waals surface area contributed by atoms with Gasteiger partial charge in [-0.2, -0.15) is 4.37 Å². The van der Waals surface area contributed by atoms with Crippen molar-refractivity contribution in [3.05, 3.63) is 16.6 Å². The number of hydrogen-bond donors (Lipinski definition) is 2. The Morgan fingerprint density at radius 2 is 2.23 bits per heavy atom. The Hall–Kier alpha value is -0.450. The Bertz CT molecular complexity index is 296. The quantitative estimate of drug-likeness (QED) is 0.770. The molecule has 1 heterocycles. The van der Waals surface area contributed by atoms with E-state index in [0.717, 1.165) is 23.4 Å². The third kappa shape index (κ3) is 1.90. The molecule has 1 fully saturated rings. The first-order chi connectivity index (χ1) is 6.18. The molecule has 1 aromatic heterocycles. The first kappa shape index (κ1) is 9.12. The Morgan fingerprint density at radius 3 is 2.69 bits per heavy atom. The number of nitrogens with zero attached hydrogens (tertiary/aromatic N) is 1. The van der Waals surface area contributed by atoms with E-state index in [4.69, 9.17) is 0 Å². The third-order valence-corrected chi connectivity index (χ3v) is 3.32. The Morgan fingerprint density at radius 1 is 1.54 bits per heavy atom. The molecule has 0 spiro atoms. The van der Waals surface area contributed by atoms with Crippen LogP contribution >= 0.6 is 11.5 Å². The number of aromatic nitrogens is 1. The van der Waals surface area contributed by atoms with Crippen LogP contribution in [0.4, 0.5) is 0 Å². The summed E-state index contributed by atoms with van der Waals surface area (Å²) in [5.41, 5.74) is 0.905. The van der Waals surface area contributed by atoms with Crippen LogP contribution < -0.4 is 0 Å². The first-order valence-electron chi connectivity index (χ1n) is 4.48. The molecule has 1 saturated carbocycles. The molecule has 0 bridgehead atoms. The Balaban J connectivity index is 2.06. The fourth-order valence-corrected chi connectivity index (χ4v) is 2.16. The summed E-state index contributed by atoms with van der Waals surface area (Å²) >= 11 is 1.27. The topological polar surface area (TPSA) is 53.4 Å². The van der Waals surface area contributed by atoms with Gasteiger partial charge in [0.2, 0.25) is 0 Å². The predicted molar refractivity (Wildman–Crippen MR) is 50.5 cm³/mol. The lowest BCUT2D eigenvalue weighted by Gasteiger charge is -2.14. The van der Waals surface area contributed by atoms with Gasteiger partial charge in [0.25, 0.3) is 0 Å². The fraction of sp³-hybridized carbons (Fsp3) is 0.667. The van der Waals surface area contributed by atoms with E-state index in [1.165, 1.54) is 11.5 Å². The second kappa shape index (κ2) is 3.36. The second-order valence-electron chi connectivity index (χ2n) is 3.64. The highest BCUT2D eigenvalue weighted by atomic mass is 32.1. The largest absolute Gasteiger partial charge is 0.390 e. The minimum atomic E-state index is -0.737. The molecule has 0 aromatic carbocycles. The molecular formula is C9H13NO2S. The smallest absolute Gasteiger partial charge is 0.116 e. The highest BCUT2D eigenvalue weighted by molar-refractivity contribution is 7.05. The number of aryl methyl sites for hydroxylation is 1. The van der Waals surface area contributed by atoms with E-state index in [-0.39, 0.29) is 0 Å². The van der Waals surface area contributed by atoms with Crippen molar-refractivity contribution in [1.29, 1.82) is 0 Å². The zero-order chi connectivity index (χ0) is 9.42. The molecule has 0 aliphatic heterocycles. The third-order valence-electron chi connectivity index (χ3n) is 2.37. The number of aliphatic hydroxyl groups excluding tert-OH is 2. The monoisotopic (exact) mass is 199 g/mol. The Kier molecular flexibility index (Phi) is 2.36. The molecule has 1 aliphatic carbocycles. The van der Waals surface area contributed by atoms with Gasteiger partial charge in [0, 0.05) is 0 Å². The summed E-state index contributed by atoms with van der Waals surface area (Å²) < 4.78 is 4.07. The van der Waals surface area contributed by atoms with Gasteiger partial charge < -0.3 is 10.2 Å². The highest BCUT2D eigenvalue weighted by Gasteiger charge is 2.35. The number of aliphatic hydroxyl groups is 2. The Labute approximate surface area is 81.2 Å². The standard InChI is InChI=1S/C9H13NO2S/c1-5-4-7(13-10-5)9(12)8(11)6-2-3-6/h4,6,8-9,11-12H,2-3H2,1H3. The molecule has 0 amide bonds. The van der Waals surface area contributed by atoms with Gasteiger partial charge in [0.15, 0.2) is 0 Å². The highest BCUT2D eigenvalue weighted by Crippen LogP contribution is 2.38. The van der Waals surface area contributed by atoms with Crippen molar-refractivity contribution in [3.63, 3.8) is 0 Å². The summed E-state index contributed by atoms with van der Waals surface area (Å²) in [4.78, 5) is 0.775. The van der Waals surface area contributed by atoms with E-state index in [0.29, 0.717) is 5.92 Å². The van der Waals surface area contributed by atoms with Gasteiger partial charge in [-0.25, -0.2) is 0 Å². The van der Waals surface area contributed by atoms with E-state index in [1.54, 1.807) is 0 Å². The van der Waals surface area contributed by atoms with Gasteiger partial charge in [0.05, 0.1) is 16.7 Å². The van der Waals surface area contributed by atoms with Crippen LogP contribution in [-0.2, 0) is 0 Å². The molecule has 2 atom stereocenters. The maximum atomic E-state index is 9.73. The molecule has 0 radical (unpaired) electrons. The van der Waals surface area contributed by atoms with Crippen LogP contribution in [0.25, 0.3) is 0 Å². The van der Waals surface area contributed by atoms with Crippen molar-refractivity contribution >= 4 is 11.5 Å². The lowest BCUT2D eigenvalue weighted by atomic mass is 10.1. The van der Waals surface area contributed by atoms with Crippen LogP contribution in [0, 0.1) is 12.8 Å². The summed E-state index contributed by atoms with van der Waals surface area (Å²) in [6.07, 6.45) is 0.741. The average molecular weight is 199 g/mol. The zero-order valence-corrected chi connectivity index (χ0v) is 8.29. The minimum Gasteiger partial charge on any atom is -0.390 e. The molecular weight excluding hydrogens is 186 g/mol.